The van der Waals surface area contributed by atoms with Gasteiger partial charge in [-0.2, -0.15) is 5.10 Å². The number of hydrogen-bond donors (Lipinski definition) is 1. The van der Waals surface area contributed by atoms with E-state index in [1.165, 1.54) is 16.9 Å². The Balaban J connectivity index is 1.40. The van der Waals surface area contributed by atoms with Gasteiger partial charge in [-0.25, -0.2) is 0 Å². The largest absolute Gasteiger partial charge is 0.486 e. The van der Waals surface area contributed by atoms with Crippen LogP contribution in [-0.4, -0.2) is 28.9 Å². The number of carbonyl (C=O) groups excluding carboxylic acids is 1. The second-order valence-electron chi connectivity index (χ2n) is 6.87. The number of amides is 1. The summed E-state index contributed by atoms with van der Waals surface area (Å²) in [6.07, 6.45) is 0. The van der Waals surface area contributed by atoms with Crippen molar-refractivity contribution in [2.75, 3.05) is 18.5 Å². The molecule has 1 amide bonds. The molecule has 29 heavy (non-hydrogen) atoms. The van der Waals surface area contributed by atoms with Gasteiger partial charge in [0.15, 0.2) is 11.5 Å². The number of hydrogen-bond acceptors (Lipinski definition) is 5. The average Bonchev–Trinajstić information content (AvgIpc) is 3.30. The van der Waals surface area contributed by atoms with Gasteiger partial charge in [0.2, 0.25) is 0 Å². The van der Waals surface area contributed by atoms with Gasteiger partial charge in [-0.15, -0.1) is 11.3 Å². The molecule has 2 aromatic carbocycles. The predicted molar refractivity (Wildman–Crippen MR) is 113 cm³/mol. The maximum absolute atomic E-state index is 12.8. The Bertz CT molecular complexity index is 1200. The van der Waals surface area contributed by atoms with Crippen LogP contribution in [0.25, 0.3) is 10.2 Å². The number of benzene rings is 2. The number of aromatic nitrogens is 2. The van der Waals surface area contributed by atoms with Crippen LogP contribution in [-0.2, 0) is 6.54 Å². The summed E-state index contributed by atoms with van der Waals surface area (Å²) in [5.41, 5.74) is 2.78. The molecular formula is C22H19N3O3S. The molecule has 4 aromatic rings. The maximum atomic E-state index is 12.8. The molecule has 146 valence electrons. The average molecular weight is 405 g/mol. The molecule has 0 fully saturated rings. The Morgan fingerprint density at radius 3 is 2.72 bits per heavy atom. The fourth-order valence-electron chi connectivity index (χ4n) is 3.40. The molecule has 7 heteroatoms. The lowest BCUT2D eigenvalue weighted by Crippen LogP contribution is -2.16. The van der Waals surface area contributed by atoms with Crippen LogP contribution in [0.15, 0.2) is 54.6 Å². The fraction of sp³-hybridized carbons (Fsp3) is 0.182. The van der Waals surface area contributed by atoms with Gasteiger partial charge in [0.05, 0.1) is 17.1 Å². The van der Waals surface area contributed by atoms with Crippen LogP contribution in [0.1, 0.15) is 20.9 Å². The third-order valence-corrected chi connectivity index (χ3v) is 5.95. The molecule has 0 radical (unpaired) electrons. The van der Waals surface area contributed by atoms with Crippen LogP contribution in [0.3, 0.4) is 0 Å². The van der Waals surface area contributed by atoms with Gasteiger partial charge in [-0.1, -0.05) is 30.3 Å². The predicted octanol–water partition coefficient (Wildman–Crippen LogP) is 4.48. The Morgan fingerprint density at radius 2 is 1.90 bits per heavy atom. The van der Waals surface area contributed by atoms with E-state index in [1.807, 2.05) is 48.0 Å². The van der Waals surface area contributed by atoms with E-state index in [-0.39, 0.29) is 5.91 Å². The molecule has 0 saturated carbocycles. The summed E-state index contributed by atoms with van der Waals surface area (Å²) < 4.78 is 13.1. The second kappa shape index (κ2) is 7.25. The standard InChI is InChI=1S/C22H19N3O3S/c1-14-17-12-20(29-22(17)25(24-14)13-15-5-3-2-4-6-15)21(26)23-16-7-8-18-19(11-16)28-10-9-27-18/h2-8,11-12H,9-10,13H2,1H3,(H,23,26). The van der Waals surface area contributed by atoms with E-state index in [4.69, 9.17) is 9.47 Å². The van der Waals surface area contributed by atoms with Gasteiger partial charge in [-0.3, -0.25) is 9.48 Å². The Labute approximate surface area is 171 Å². The highest BCUT2D eigenvalue weighted by Gasteiger charge is 2.18. The normalized spacial score (nSPS) is 12.9. The van der Waals surface area contributed by atoms with Gasteiger partial charge in [0.25, 0.3) is 5.91 Å². The van der Waals surface area contributed by atoms with Crippen molar-refractivity contribution in [1.29, 1.82) is 0 Å². The van der Waals surface area contributed by atoms with Crippen LogP contribution in [0.4, 0.5) is 5.69 Å². The topological polar surface area (TPSA) is 65.4 Å². The quantitative estimate of drug-likeness (QED) is 0.544. The van der Waals surface area contributed by atoms with Crippen LogP contribution < -0.4 is 14.8 Å². The molecule has 0 bridgehead atoms. The van der Waals surface area contributed by atoms with E-state index in [9.17, 15) is 4.79 Å². The second-order valence-corrected chi connectivity index (χ2v) is 7.90. The third kappa shape index (κ3) is 3.45. The Hall–Kier alpha value is -3.32. The zero-order chi connectivity index (χ0) is 19.8. The molecule has 1 aliphatic heterocycles. The zero-order valence-corrected chi connectivity index (χ0v) is 16.7. The highest BCUT2D eigenvalue weighted by Crippen LogP contribution is 2.33. The van der Waals surface area contributed by atoms with E-state index in [1.54, 1.807) is 6.07 Å². The van der Waals surface area contributed by atoms with Crippen molar-refractivity contribution in [2.24, 2.45) is 0 Å². The monoisotopic (exact) mass is 405 g/mol. The number of carbonyl (C=O) groups is 1. The fourth-order valence-corrected chi connectivity index (χ4v) is 4.46. The summed E-state index contributed by atoms with van der Waals surface area (Å²) >= 11 is 1.45. The third-order valence-electron chi connectivity index (χ3n) is 4.81. The van der Waals surface area contributed by atoms with E-state index in [0.29, 0.717) is 41.8 Å². The van der Waals surface area contributed by atoms with Crippen molar-refractivity contribution in [3.63, 3.8) is 0 Å². The molecule has 0 unspecified atom stereocenters. The highest BCUT2D eigenvalue weighted by atomic mass is 32.1. The van der Waals surface area contributed by atoms with Crippen molar-refractivity contribution < 1.29 is 14.3 Å². The number of nitrogens with zero attached hydrogens (tertiary/aromatic N) is 2. The van der Waals surface area contributed by atoms with E-state index in [2.05, 4.69) is 22.5 Å². The van der Waals surface area contributed by atoms with Crippen LogP contribution in [0.5, 0.6) is 11.5 Å². The smallest absolute Gasteiger partial charge is 0.265 e. The molecule has 0 saturated heterocycles. The summed E-state index contributed by atoms with van der Waals surface area (Å²) in [4.78, 5) is 14.5. The molecule has 1 aliphatic rings. The van der Waals surface area contributed by atoms with Crippen molar-refractivity contribution in [3.05, 3.63) is 70.7 Å². The van der Waals surface area contributed by atoms with Gasteiger partial charge in [0, 0.05) is 17.1 Å². The first-order valence-electron chi connectivity index (χ1n) is 9.39. The lowest BCUT2D eigenvalue weighted by Gasteiger charge is -2.18. The minimum absolute atomic E-state index is 0.145. The first kappa shape index (κ1) is 17.8. The summed E-state index contributed by atoms with van der Waals surface area (Å²) in [5.74, 6) is 1.21. The molecule has 0 aliphatic carbocycles. The van der Waals surface area contributed by atoms with Gasteiger partial charge < -0.3 is 14.8 Å². The molecule has 6 nitrogen and oxygen atoms in total. The minimum atomic E-state index is -0.145. The number of nitrogens with one attached hydrogen (secondary N) is 1. The summed E-state index contributed by atoms with van der Waals surface area (Å²) in [5, 5.41) is 8.61. The van der Waals surface area contributed by atoms with E-state index in [0.717, 1.165) is 15.9 Å². The number of aryl methyl sites for hydroxylation is 1. The molecule has 3 heterocycles. The minimum Gasteiger partial charge on any atom is -0.486 e. The van der Waals surface area contributed by atoms with Crippen molar-refractivity contribution in [1.82, 2.24) is 9.78 Å². The number of ether oxygens (including phenoxy) is 2. The van der Waals surface area contributed by atoms with Crippen LogP contribution >= 0.6 is 11.3 Å². The SMILES string of the molecule is Cc1nn(Cc2ccccc2)c2sc(C(=O)Nc3ccc4c(c3)OCCO4)cc12. The van der Waals surface area contributed by atoms with Crippen LogP contribution in [0, 0.1) is 6.92 Å². The lowest BCUT2D eigenvalue weighted by atomic mass is 10.2. The van der Waals surface area contributed by atoms with Crippen molar-refractivity contribution in [2.45, 2.75) is 13.5 Å². The number of rotatable bonds is 4. The van der Waals surface area contributed by atoms with Crippen molar-refractivity contribution in [3.8, 4) is 11.5 Å². The molecule has 2 aromatic heterocycles. The molecular weight excluding hydrogens is 386 g/mol. The number of thiophene rings is 1. The van der Waals surface area contributed by atoms with Crippen molar-refractivity contribution >= 4 is 33.1 Å². The van der Waals surface area contributed by atoms with E-state index >= 15 is 0 Å². The lowest BCUT2D eigenvalue weighted by molar-refractivity contribution is 0.103. The van der Waals surface area contributed by atoms with Gasteiger partial charge in [-0.05, 0) is 30.7 Å². The molecule has 0 spiro atoms. The van der Waals surface area contributed by atoms with Crippen LogP contribution in [0.2, 0.25) is 0 Å². The first-order valence-corrected chi connectivity index (χ1v) is 10.2. The van der Waals surface area contributed by atoms with Gasteiger partial charge >= 0.3 is 0 Å². The zero-order valence-electron chi connectivity index (χ0n) is 15.8. The highest BCUT2D eigenvalue weighted by molar-refractivity contribution is 7.20. The molecule has 5 rings (SSSR count). The summed E-state index contributed by atoms with van der Waals surface area (Å²) in [7, 11) is 0. The number of fused-ring (bicyclic) bond motifs is 2. The first-order chi connectivity index (χ1) is 14.2. The Morgan fingerprint density at radius 1 is 1.10 bits per heavy atom. The molecule has 0 atom stereocenters. The Kier molecular flexibility index (Phi) is 4.44. The summed E-state index contributed by atoms with van der Waals surface area (Å²) in [6, 6.07) is 17.5. The maximum Gasteiger partial charge on any atom is 0.265 e. The van der Waals surface area contributed by atoms with Gasteiger partial charge in [0.1, 0.15) is 18.0 Å². The molecule has 1 N–H and O–H groups in total. The summed E-state index contributed by atoms with van der Waals surface area (Å²) in [6.45, 7) is 3.70. The van der Waals surface area contributed by atoms with E-state index < -0.39 is 0 Å². The number of anilines is 1.